The molecule has 154 valence electrons. The Morgan fingerprint density at radius 2 is 1.56 bits per heavy atom. The van der Waals surface area contributed by atoms with Gasteiger partial charge in [0, 0.05) is 13.9 Å². The molecular formula is C22H39NO2PS+. The van der Waals surface area contributed by atoms with Crippen LogP contribution in [-0.4, -0.2) is 39.1 Å². The van der Waals surface area contributed by atoms with Gasteiger partial charge in [0.2, 0.25) is 10.0 Å². The Morgan fingerprint density at radius 1 is 1.00 bits per heavy atom. The van der Waals surface area contributed by atoms with Crippen molar-refractivity contribution < 1.29 is 8.42 Å². The topological polar surface area (TPSA) is 46.2 Å². The van der Waals surface area contributed by atoms with Gasteiger partial charge in [-0.15, -0.1) is 0 Å². The molecule has 0 aliphatic heterocycles. The van der Waals surface area contributed by atoms with Crippen LogP contribution in [-0.2, 0) is 10.0 Å². The molecule has 2 atom stereocenters. The predicted octanol–water partition coefficient (Wildman–Crippen LogP) is 5.83. The lowest BCUT2D eigenvalue weighted by molar-refractivity contribution is 0.415. The molecule has 0 aromatic heterocycles. The summed E-state index contributed by atoms with van der Waals surface area (Å²) in [7, 11) is -4.59. The summed E-state index contributed by atoms with van der Waals surface area (Å²) in [5, 5.41) is 0. The average Bonchev–Trinajstić information content (AvgIpc) is 2.65. The molecule has 1 aromatic carbocycles. The van der Waals surface area contributed by atoms with Crippen LogP contribution in [0.25, 0.3) is 0 Å². The van der Waals surface area contributed by atoms with Crippen LogP contribution in [0, 0.1) is 6.92 Å². The van der Waals surface area contributed by atoms with E-state index in [0.717, 1.165) is 18.4 Å². The standard InChI is InChI=1S/C22H39NO2PS/c1-5-7-17-26(4,18-8-6-2)22-12-10-9-11-21(22)23-27(24,25)20-15-13-19(3)14-16-20/h13-16,21-23H,5-12,17-18H2,1-4H3/q+1/t21-,22-/m1/s1. The Hall–Kier alpha value is -0.440. The van der Waals surface area contributed by atoms with Gasteiger partial charge in [-0.3, -0.25) is 0 Å². The van der Waals surface area contributed by atoms with E-state index in [9.17, 15) is 8.42 Å². The van der Waals surface area contributed by atoms with Gasteiger partial charge in [-0.05, 0) is 51.2 Å². The Kier molecular flexibility index (Phi) is 8.77. The summed E-state index contributed by atoms with van der Waals surface area (Å²) in [6, 6.07) is 7.34. The van der Waals surface area contributed by atoms with Crippen molar-refractivity contribution >= 4 is 17.3 Å². The zero-order valence-corrected chi connectivity index (χ0v) is 19.4. The summed E-state index contributed by atoms with van der Waals surface area (Å²) < 4.78 is 29.2. The zero-order valence-electron chi connectivity index (χ0n) is 17.7. The van der Waals surface area contributed by atoms with Crippen molar-refractivity contribution in [3.63, 3.8) is 0 Å². The van der Waals surface area contributed by atoms with E-state index in [2.05, 4.69) is 25.2 Å². The second-order valence-electron chi connectivity index (χ2n) is 8.53. The number of nitrogens with one attached hydrogen (secondary N) is 1. The van der Waals surface area contributed by atoms with Crippen LogP contribution in [0.15, 0.2) is 29.2 Å². The molecule has 3 nitrogen and oxygen atoms in total. The summed E-state index contributed by atoms with van der Waals surface area (Å²) >= 11 is 0. The molecule has 0 radical (unpaired) electrons. The Balaban J connectivity index is 2.22. The molecular weight excluding hydrogens is 373 g/mol. The van der Waals surface area contributed by atoms with Gasteiger partial charge in [0.15, 0.2) is 0 Å². The molecule has 27 heavy (non-hydrogen) atoms. The molecule has 0 unspecified atom stereocenters. The van der Waals surface area contributed by atoms with Crippen LogP contribution in [0.3, 0.4) is 0 Å². The fourth-order valence-corrected chi connectivity index (χ4v) is 10.7. The van der Waals surface area contributed by atoms with E-state index < -0.39 is 17.3 Å². The smallest absolute Gasteiger partial charge is 0.207 e. The van der Waals surface area contributed by atoms with Crippen molar-refractivity contribution in [2.45, 2.75) is 88.7 Å². The number of sulfonamides is 1. The highest BCUT2D eigenvalue weighted by Gasteiger charge is 2.46. The third kappa shape index (κ3) is 6.27. The molecule has 0 saturated heterocycles. The third-order valence-electron chi connectivity index (χ3n) is 6.21. The largest absolute Gasteiger partial charge is 0.240 e. The van der Waals surface area contributed by atoms with Gasteiger partial charge >= 0.3 is 0 Å². The van der Waals surface area contributed by atoms with Gasteiger partial charge in [0.05, 0.1) is 28.9 Å². The lowest BCUT2D eigenvalue weighted by Gasteiger charge is -2.39. The van der Waals surface area contributed by atoms with Crippen LogP contribution in [0.5, 0.6) is 0 Å². The minimum absolute atomic E-state index is 0.108. The lowest BCUT2D eigenvalue weighted by atomic mass is 9.96. The molecule has 1 saturated carbocycles. The zero-order chi connectivity index (χ0) is 19.9. The third-order valence-corrected chi connectivity index (χ3v) is 12.6. The highest BCUT2D eigenvalue weighted by atomic mass is 32.2. The minimum Gasteiger partial charge on any atom is -0.207 e. The van der Waals surface area contributed by atoms with Gasteiger partial charge in [-0.1, -0.05) is 50.8 Å². The molecule has 1 N–H and O–H groups in total. The van der Waals surface area contributed by atoms with E-state index in [1.54, 1.807) is 12.1 Å². The number of unbranched alkanes of at least 4 members (excludes halogenated alkanes) is 2. The van der Waals surface area contributed by atoms with E-state index in [-0.39, 0.29) is 6.04 Å². The first-order chi connectivity index (χ1) is 12.8. The molecule has 0 heterocycles. The summed E-state index contributed by atoms with van der Waals surface area (Å²) in [5.41, 5.74) is 1.63. The maximum atomic E-state index is 13.0. The SMILES string of the molecule is CCCC[P+](C)(CCCC)[C@@H]1CCCC[C@H]1NS(=O)(=O)c1ccc(C)cc1. The van der Waals surface area contributed by atoms with Gasteiger partial charge < -0.3 is 0 Å². The van der Waals surface area contributed by atoms with E-state index in [4.69, 9.17) is 0 Å². The van der Waals surface area contributed by atoms with Crippen LogP contribution in [0.1, 0.15) is 70.8 Å². The van der Waals surface area contributed by atoms with E-state index in [1.165, 1.54) is 50.8 Å². The first-order valence-corrected chi connectivity index (χ1v) is 14.9. The van der Waals surface area contributed by atoms with Crippen molar-refractivity contribution in [3.05, 3.63) is 29.8 Å². The summed E-state index contributed by atoms with van der Waals surface area (Å²) in [6.07, 6.45) is 12.2. The Labute approximate surface area is 168 Å². The van der Waals surface area contributed by atoms with Crippen molar-refractivity contribution in [1.29, 1.82) is 0 Å². The van der Waals surface area contributed by atoms with Crippen molar-refractivity contribution in [1.82, 2.24) is 4.72 Å². The molecule has 0 spiro atoms. The maximum Gasteiger partial charge on any atom is 0.240 e. The first-order valence-electron chi connectivity index (χ1n) is 10.8. The van der Waals surface area contributed by atoms with Gasteiger partial charge in [0.25, 0.3) is 0 Å². The number of aryl methyl sites for hydroxylation is 1. The van der Waals surface area contributed by atoms with Crippen molar-refractivity contribution in [2.75, 3.05) is 19.0 Å². The predicted molar refractivity (Wildman–Crippen MR) is 120 cm³/mol. The summed E-state index contributed by atoms with van der Waals surface area (Å²) in [6.45, 7) is 9.05. The van der Waals surface area contributed by atoms with E-state index in [1.807, 2.05) is 19.1 Å². The number of hydrogen-bond donors (Lipinski definition) is 1. The number of hydrogen-bond acceptors (Lipinski definition) is 2. The molecule has 2 rings (SSSR count). The van der Waals surface area contributed by atoms with Gasteiger partial charge in [-0.25, -0.2) is 13.1 Å². The van der Waals surface area contributed by atoms with E-state index >= 15 is 0 Å². The average molecular weight is 413 g/mol. The molecule has 1 aliphatic rings. The minimum atomic E-state index is -3.44. The molecule has 1 aromatic rings. The number of benzene rings is 1. The van der Waals surface area contributed by atoms with Crippen LogP contribution >= 0.6 is 7.26 Å². The van der Waals surface area contributed by atoms with Crippen molar-refractivity contribution in [3.8, 4) is 0 Å². The molecule has 0 bridgehead atoms. The Bertz CT molecular complexity index is 664. The van der Waals surface area contributed by atoms with Crippen molar-refractivity contribution in [2.24, 2.45) is 0 Å². The summed E-state index contributed by atoms with van der Waals surface area (Å²) in [4.78, 5) is 0.402. The van der Waals surface area contributed by atoms with Crippen LogP contribution in [0.2, 0.25) is 0 Å². The fraction of sp³-hybridized carbons (Fsp3) is 0.727. The molecule has 1 fully saturated rings. The van der Waals surface area contributed by atoms with Crippen LogP contribution in [0.4, 0.5) is 0 Å². The molecule has 5 heteroatoms. The summed E-state index contributed by atoms with van der Waals surface area (Å²) in [5.74, 6) is 0. The second-order valence-corrected chi connectivity index (χ2v) is 14.8. The van der Waals surface area contributed by atoms with E-state index in [0.29, 0.717) is 10.6 Å². The number of rotatable bonds is 10. The fourth-order valence-electron chi connectivity index (χ4n) is 4.46. The highest BCUT2D eigenvalue weighted by Crippen LogP contribution is 2.64. The Morgan fingerprint density at radius 3 is 2.11 bits per heavy atom. The van der Waals surface area contributed by atoms with Gasteiger partial charge in [0.1, 0.15) is 0 Å². The molecule has 1 aliphatic carbocycles. The second kappa shape index (κ2) is 10.4. The normalized spacial score (nSPS) is 21.3. The maximum absolute atomic E-state index is 13.0. The van der Waals surface area contributed by atoms with Crippen LogP contribution < -0.4 is 4.72 Å². The molecule has 0 amide bonds. The quantitative estimate of drug-likeness (QED) is 0.491. The van der Waals surface area contributed by atoms with Gasteiger partial charge in [-0.2, -0.15) is 0 Å². The highest BCUT2D eigenvalue weighted by molar-refractivity contribution is 7.89. The lowest BCUT2D eigenvalue weighted by Crippen LogP contribution is -2.46. The monoisotopic (exact) mass is 412 g/mol. The first kappa shape index (κ1) is 22.8.